The van der Waals surface area contributed by atoms with Crippen molar-refractivity contribution >= 4 is 28.4 Å². The first-order valence-electron chi connectivity index (χ1n) is 10.3. The smallest absolute Gasteiger partial charge is 0.272 e. The second kappa shape index (κ2) is 8.22. The Labute approximate surface area is 176 Å². The highest BCUT2D eigenvalue weighted by molar-refractivity contribution is 6.09. The van der Waals surface area contributed by atoms with Crippen molar-refractivity contribution in [3.8, 4) is 5.75 Å². The van der Waals surface area contributed by atoms with Gasteiger partial charge in [0.2, 0.25) is 0 Å². The van der Waals surface area contributed by atoms with Gasteiger partial charge in [-0.15, -0.1) is 0 Å². The van der Waals surface area contributed by atoms with Gasteiger partial charge in [0.25, 0.3) is 11.8 Å². The molecule has 0 bridgehead atoms. The number of nitrogens with one attached hydrogen (secondary N) is 2. The topological polar surface area (TPSA) is 74.4 Å². The van der Waals surface area contributed by atoms with E-state index in [4.69, 9.17) is 4.74 Å². The number of para-hydroxylation sites is 1. The first kappa shape index (κ1) is 20.0. The molecule has 0 radical (unpaired) electrons. The molecular weight excluding hydrogens is 378 g/mol. The maximum absolute atomic E-state index is 13.2. The van der Waals surface area contributed by atoms with Crippen molar-refractivity contribution in [1.29, 1.82) is 0 Å². The van der Waals surface area contributed by atoms with E-state index in [1.807, 2.05) is 35.2 Å². The third-order valence-corrected chi connectivity index (χ3v) is 5.64. The van der Waals surface area contributed by atoms with Crippen LogP contribution in [0.25, 0.3) is 10.9 Å². The number of nitrogens with zero attached hydrogens (tertiary/aromatic N) is 1. The molecule has 1 aromatic heterocycles. The Morgan fingerprint density at radius 2 is 1.80 bits per heavy atom. The Balaban J connectivity index is 1.56. The Kier molecular flexibility index (Phi) is 5.48. The summed E-state index contributed by atoms with van der Waals surface area (Å²) in [6.07, 6.45) is 1.13. The highest BCUT2D eigenvalue weighted by atomic mass is 16.5. The van der Waals surface area contributed by atoms with Gasteiger partial charge in [-0.1, -0.05) is 26.0 Å². The number of benzene rings is 2. The monoisotopic (exact) mass is 405 g/mol. The number of amides is 2. The summed E-state index contributed by atoms with van der Waals surface area (Å²) in [5.74, 6) is 1.35. The number of aromatic nitrogens is 1. The number of hydrogen-bond acceptors (Lipinski definition) is 3. The molecule has 1 saturated heterocycles. The zero-order valence-corrected chi connectivity index (χ0v) is 17.6. The second-order valence-electron chi connectivity index (χ2n) is 8.29. The fourth-order valence-corrected chi connectivity index (χ4v) is 4.32. The van der Waals surface area contributed by atoms with E-state index in [2.05, 4.69) is 24.1 Å². The van der Waals surface area contributed by atoms with Crippen LogP contribution in [-0.2, 0) is 0 Å². The number of piperidine rings is 1. The third kappa shape index (κ3) is 4.03. The number of hydrogen-bond donors (Lipinski definition) is 2. The fourth-order valence-electron chi connectivity index (χ4n) is 4.32. The van der Waals surface area contributed by atoms with Crippen LogP contribution in [0.4, 0.5) is 5.69 Å². The largest absolute Gasteiger partial charge is 0.497 e. The molecular formula is C24H27N3O3. The van der Waals surface area contributed by atoms with Gasteiger partial charge >= 0.3 is 0 Å². The van der Waals surface area contributed by atoms with Crippen molar-refractivity contribution < 1.29 is 14.3 Å². The van der Waals surface area contributed by atoms with Gasteiger partial charge in [0, 0.05) is 30.1 Å². The van der Waals surface area contributed by atoms with Crippen LogP contribution in [0.15, 0.2) is 48.5 Å². The van der Waals surface area contributed by atoms with Gasteiger partial charge in [-0.25, -0.2) is 0 Å². The molecule has 6 heteroatoms. The number of ether oxygens (including phenoxy) is 1. The van der Waals surface area contributed by atoms with E-state index in [1.165, 1.54) is 0 Å². The predicted molar refractivity (Wildman–Crippen MR) is 118 cm³/mol. The van der Waals surface area contributed by atoms with Crippen LogP contribution in [0.5, 0.6) is 5.75 Å². The molecule has 4 rings (SSSR count). The molecule has 2 amide bonds. The minimum Gasteiger partial charge on any atom is -0.497 e. The number of carbonyl (C=O) groups is 2. The summed E-state index contributed by atoms with van der Waals surface area (Å²) in [5.41, 5.74) is 2.29. The average molecular weight is 405 g/mol. The van der Waals surface area contributed by atoms with E-state index < -0.39 is 0 Å². The third-order valence-electron chi connectivity index (χ3n) is 5.64. The normalized spacial score (nSPS) is 19.0. The van der Waals surface area contributed by atoms with Gasteiger partial charge in [0.05, 0.1) is 18.4 Å². The van der Waals surface area contributed by atoms with Crippen LogP contribution in [0.3, 0.4) is 0 Å². The van der Waals surface area contributed by atoms with Crippen molar-refractivity contribution in [2.24, 2.45) is 11.8 Å². The number of carbonyl (C=O) groups excluding carboxylic acids is 2. The SMILES string of the molecule is COc1ccc2cc(C(=O)Nc3ccccc3C(=O)N3C[C@H](C)C[C@H](C)C3)[nH]c2c1. The highest BCUT2D eigenvalue weighted by Crippen LogP contribution is 2.26. The van der Waals surface area contributed by atoms with E-state index in [0.717, 1.165) is 36.2 Å². The van der Waals surface area contributed by atoms with E-state index in [-0.39, 0.29) is 11.8 Å². The van der Waals surface area contributed by atoms with Gasteiger partial charge in [-0.2, -0.15) is 0 Å². The van der Waals surface area contributed by atoms with Crippen molar-refractivity contribution in [2.75, 3.05) is 25.5 Å². The number of methoxy groups -OCH3 is 1. The number of rotatable bonds is 4. The minimum absolute atomic E-state index is 0.0364. The van der Waals surface area contributed by atoms with Crippen LogP contribution in [-0.4, -0.2) is 41.9 Å². The van der Waals surface area contributed by atoms with Crippen LogP contribution >= 0.6 is 0 Å². The van der Waals surface area contributed by atoms with E-state index in [1.54, 1.807) is 25.3 Å². The number of aromatic amines is 1. The van der Waals surface area contributed by atoms with Crippen molar-refractivity contribution in [1.82, 2.24) is 9.88 Å². The molecule has 2 N–H and O–H groups in total. The highest BCUT2D eigenvalue weighted by Gasteiger charge is 2.27. The van der Waals surface area contributed by atoms with Crippen molar-refractivity contribution in [2.45, 2.75) is 20.3 Å². The lowest BCUT2D eigenvalue weighted by Crippen LogP contribution is -2.42. The number of H-pyrrole nitrogens is 1. The van der Waals surface area contributed by atoms with Crippen LogP contribution in [0.1, 0.15) is 41.1 Å². The van der Waals surface area contributed by atoms with Crippen LogP contribution in [0, 0.1) is 11.8 Å². The Bertz CT molecular complexity index is 1080. The number of fused-ring (bicyclic) bond motifs is 1. The lowest BCUT2D eigenvalue weighted by molar-refractivity contribution is 0.0624. The van der Waals surface area contributed by atoms with Gasteiger partial charge in [-0.3, -0.25) is 9.59 Å². The molecule has 3 aromatic rings. The molecule has 2 aromatic carbocycles. The Hall–Kier alpha value is -3.28. The molecule has 0 unspecified atom stereocenters. The summed E-state index contributed by atoms with van der Waals surface area (Å²) in [4.78, 5) is 31.1. The van der Waals surface area contributed by atoms with Gasteiger partial charge in [0.1, 0.15) is 11.4 Å². The summed E-state index contributed by atoms with van der Waals surface area (Å²) >= 11 is 0. The first-order chi connectivity index (χ1) is 14.4. The zero-order valence-electron chi connectivity index (χ0n) is 17.6. The lowest BCUT2D eigenvalue weighted by atomic mass is 9.91. The summed E-state index contributed by atoms with van der Waals surface area (Å²) in [6.45, 7) is 5.84. The minimum atomic E-state index is -0.286. The van der Waals surface area contributed by atoms with Crippen LogP contribution < -0.4 is 10.1 Å². The molecule has 0 aliphatic carbocycles. The first-order valence-corrected chi connectivity index (χ1v) is 10.3. The van der Waals surface area contributed by atoms with Crippen LogP contribution in [0.2, 0.25) is 0 Å². The molecule has 1 fully saturated rings. The van der Waals surface area contributed by atoms with Crippen molar-refractivity contribution in [3.05, 3.63) is 59.8 Å². The molecule has 156 valence electrons. The van der Waals surface area contributed by atoms with Gasteiger partial charge in [0.15, 0.2) is 0 Å². The van der Waals surface area contributed by atoms with Gasteiger partial charge in [-0.05, 0) is 48.6 Å². The standard InChI is InChI=1S/C24H27N3O3/c1-15-10-16(2)14-27(13-15)24(29)19-6-4-5-7-20(19)26-23(28)22-11-17-8-9-18(30-3)12-21(17)25-22/h4-9,11-12,15-16,25H,10,13-14H2,1-3H3,(H,26,28)/t15-,16+. The molecule has 6 nitrogen and oxygen atoms in total. The summed E-state index contributed by atoms with van der Waals surface area (Å²) < 4.78 is 5.24. The lowest BCUT2D eigenvalue weighted by Gasteiger charge is -2.35. The van der Waals surface area contributed by atoms with E-state index >= 15 is 0 Å². The Morgan fingerprint density at radius 3 is 2.53 bits per heavy atom. The maximum atomic E-state index is 13.2. The number of anilines is 1. The molecule has 30 heavy (non-hydrogen) atoms. The second-order valence-corrected chi connectivity index (χ2v) is 8.29. The number of likely N-dealkylation sites (tertiary alicyclic amines) is 1. The zero-order chi connectivity index (χ0) is 21.3. The summed E-state index contributed by atoms with van der Waals surface area (Å²) in [5, 5.41) is 3.83. The Morgan fingerprint density at radius 1 is 1.07 bits per heavy atom. The maximum Gasteiger partial charge on any atom is 0.272 e. The molecule has 2 atom stereocenters. The molecule has 0 spiro atoms. The average Bonchev–Trinajstić information content (AvgIpc) is 3.16. The quantitative estimate of drug-likeness (QED) is 0.669. The van der Waals surface area contributed by atoms with Crippen molar-refractivity contribution in [3.63, 3.8) is 0 Å². The van der Waals surface area contributed by atoms with E-state index in [0.29, 0.717) is 28.8 Å². The summed E-state index contributed by atoms with van der Waals surface area (Å²) in [6, 6.07) is 14.6. The van der Waals surface area contributed by atoms with Gasteiger partial charge < -0.3 is 19.9 Å². The predicted octanol–water partition coefficient (Wildman–Crippen LogP) is 4.55. The van der Waals surface area contributed by atoms with E-state index in [9.17, 15) is 9.59 Å². The fraction of sp³-hybridized carbons (Fsp3) is 0.333. The molecule has 0 saturated carbocycles. The molecule has 1 aliphatic heterocycles. The molecule has 1 aliphatic rings. The molecule has 2 heterocycles. The summed E-state index contributed by atoms with van der Waals surface area (Å²) in [7, 11) is 1.61.